The van der Waals surface area contributed by atoms with Crippen LogP contribution in [0.15, 0.2) is 0 Å². The molecule has 1 saturated heterocycles. The number of hydrogen-bond acceptors (Lipinski definition) is 3. The molecule has 0 bridgehead atoms. The van der Waals surface area contributed by atoms with E-state index in [0.29, 0.717) is 0 Å². The number of likely N-dealkylation sites (tertiary alicyclic amines) is 1. The van der Waals surface area contributed by atoms with E-state index < -0.39 is 0 Å². The first-order valence-electron chi connectivity index (χ1n) is 7.55. The van der Waals surface area contributed by atoms with Crippen LogP contribution >= 0.6 is 0 Å². The van der Waals surface area contributed by atoms with Gasteiger partial charge in [-0.3, -0.25) is 0 Å². The number of rotatable bonds is 9. The van der Waals surface area contributed by atoms with Crippen LogP contribution in [0, 0.1) is 5.92 Å². The molecule has 3 nitrogen and oxygen atoms in total. The summed E-state index contributed by atoms with van der Waals surface area (Å²) in [5.74, 6) is 0.951. The van der Waals surface area contributed by atoms with E-state index >= 15 is 0 Å². The van der Waals surface area contributed by atoms with Crippen LogP contribution < -0.4 is 10.6 Å². The van der Waals surface area contributed by atoms with Crippen LogP contribution in [0.1, 0.15) is 39.0 Å². The van der Waals surface area contributed by atoms with E-state index in [0.717, 1.165) is 12.0 Å². The summed E-state index contributed by atoms with van der Waals surface area (Å²) in [5, 5.41) is 7.12. The Hall–Kier alpha value is -0.120. The Labute approximate surface area is 106 Å². The molecule has 0 aromatic carbocycles. The third kappa shape index (κ3) is 5.36. The molecule has 2 rings (SSSR count). The third-order valence-electron chi connectivity index (χ3n) is 3.96. The molecular formula is C14H29N3. The first kappa shape index (κ1) is 13.3. The van der Waals surface area contributed by atoms with Gasteiger partial charge in [-0.05, 0) is 57.7 Å². The SMILES string of the molecule is CCCNCCN1CCC(CCNC2CC2)C1. The molecule has 2 aliphatic rings. The van der Waals surface area contributed by atoms with Crippen LogP contribution in [0.4, 0.5) is 0 Å². The van der Waals surface area contributed by atoms with E-state index in [1.165, 1.54) is 71.4 Å². The van der Waals surface area contributed by atoms with Gasteiger partial charge in [0.15, 0.2) is 0 Å². The van der Waals surface area contributed by atoms with Crippen molar-refractivity contribution in [3.8, 4) is 0 Å². The van der Waals surface area contributed by atoms with Crippen LogP contribution in [-0.4, -0.2) is 50.2 Å². The van der Waals surface area contributed by atoms with Gasteiger partial charge in [0, 0.05) is 25.7 Å². The fourth-order valence-corrected chi connectivity index (χ4v) is 2.67. The second kappa shape index (κ2) is 7.34. The van der Waals surface area contributed by atoms with Crippen molar-refractivity contribution in [1.29, 1.82) is 0 Å². The first-order chi connectivity index (χ1) is 8.38. The minimum Gasteiger partial charge on any atom is -0.315 e. The summed E-state index contributed by atoms with van der Waals surface area (Å²) < 4.78 is 0. The van der Waals surface area contributed by atoms with E-state index in [-0.39, 0.29) is 0 Å². The molecule has 0 aromatic heterocycles. The van der Waals surface area contributed by atoms with Crippen LogP contribution in [-0.2, 0) is 0 Å². The Morgan fingerprint density at radius 2 is 2.00 bits per heavy atom. The maximum atomic E-state index is 3.63. The van der Waals surface area contributed by atoms with Crippen LogP contribution in [0.3, 0.4) is 0 Å². The minimum atomic E-state index is 0.880. The van der Waals surface area contributed by atoms with Crippen molar-refractivity contribution in [3.05, 3.63) is 0 Å². The maximum Gasteiger partial charge on any atom is 0.0107 e. The summed E-state index contributed by atoms with van der Waals surface area (Å²) in [6.45, 7) is 9.71. The first-order valence-corrected chi connectivity index (χ1v) is 7.55. The summed E-state index contributed by atoms with van der Waals surface area (Å²) >= 11 is 0. The van der Waals surface area contributed by atoms with Gasteiger partial charge in [-0.1, -0.05) is 6.92 Å². The monoisotopic (exact) mass is 239 g/mol. The van der Waals surface area contributed by atoms with Crippen molar-refractivity contribution in [1.82, 2.24) is 15.5 Å². The molecule has 1 unspecified atom stereocenters. The van der Waals surface area contributed by atoms with Gasteiger partial charge in [0.25, 0.3) is 0 Å². The second-order valence-electron chi connectivity index (χ2n) is 5.72. The number of nitrogens with one attached hydrogen (secondary N) is 2. The van der Waals surface area contributed by atoms with E-state index in [9.17, 15) is 0 Å². The predicted octanol–water partition coefficient (Wildman–Crippen LogP) is 1.45. The summed E-state index contributed by atoms with van der Waals surface area (Å²) in [6.07, 6.45) is 6.88. The van der Waals surface area contributed by atoms with Crippen molar-refractivity contribution in [2.75, 3.05) is 39.3 Å². The minimum absolute atomic E-state index is 0.880. The van der Waals surface area contributed by atoms with E-state index in [1.54, 1.807) is 0 Å². The maximum absolute atomic E-state index is 3.63. The summed E-state index contributed by atoms with van der Waals surface area (Å²) in [7, 11) is 0. The Balaban J connectivity index is 1.46. The van der Waals surface area contributed by atoms with Crippen LogP contribution in [0.5, 0.6) is 0 Å². The zero-order valence-corrected chi connectivity index (χ0v) is 11.4. The summed E-state index contributed by atoms with van der Waals surface area (Å²) in [5.41, 5.74) is 0. The molecule has 2 N–H and O–H groups in total. The van der Waals surface area contributed by atoms with Crippen molar-refractivity contribution in [2.24, 2.45) is 5.92 Å². The van der Waals surface area contributed by atoms with Gasteiger partial charge >= 0.3 is 0 Å². The highest BCUT2D eigenvalue weighted by Gasteiger charge is 2.23. The molecule has 1 aliphatic carbocycles. The average molecular weight is 239 g/mol. The molecule has 1 atom stereocenters. The number of hydrogen-bond donors (Lipinski definition) is 2. The van der Waals surface area contributed by atoms with Gasteiger partial charge in [-0.25, -0.2) is 0 Å². The van der Waals surface area contributed by atoms with Gasteiger partial charge in [0.2, 0.25) is 0 Å². The molecule has 0 amide bonds. The van der Waals surface area contributed by atoms with Crippen molar-refractivity contribution in [3.63, 3.8) is 0 Å². The molecule has 1 aliphatic heterocycles. The lowest BCUT2D eigenvalue weighted by molar-refractivity contribution is 0.318. The standard InChI is InChI=1S/C14H29N3/c1-2-7-15-9-11-17-10-6-13(12-17)5-8-16-14-3-4-14/h13-16H,2-12H2,1H3. The lowest BCUT2D eigenvalue weighted by Gasteiger charge is -2.16. The third-order valence-corrected chi connectivity index (χ3v) is 3.96. The van der Waals surface area contributed by atoms with E-state index in [1.807, 2.05) is 0 Å². The highest BCUT2D eigenvalue weighted by molar-refractivity contribution is 4.82. The van der Waals surface area contributed by atoms with Crippen molar-refractivity contribution < 1.29 is 0 Å². The Morgan fingerprint density at radius 1 is 1.12 bits per heavy atom. The van der Waals surface area contributed by atoms with Gasteiger partial charge in [0.1, 0.15) is 0 Å². The molecule has 0 radical (unpaired) electrons. The van der Waals surface area contributed by atoms with Crippen molar-refractivity contribution in [2.45, 2.75) is 45.1 Å². The van der Waals surface area contributed by atoms with Crippen LogP contribution in [0.2, 0.25) is 0 Å². The Kier molecular flexibility index (Phi) is 5.75. The zero-order valence-electron chi connectivity index (χ0n) is 11.4. The molecule has 1 saturated carbocycles. The lowest BCUT2D eigenvalue weighted by Crippen LogP contribution is -2.31. The van der Waals surface area contributed by atoms with Gasteiger partial charge in [-0.2, -0.15) is 0 Å². The highest BCUT2D eigenvalue weighted by atomic mass is 15.2. The topological polar surface area (TPSA) is 27.3 Å². The largest absolute Gasteiger partial charge is 0.315 e. The van der Waals surface area contributed by atoms with Crippen LogP contribution in [0.25, 0.3) is 0 Å². The predicted molar refractivity (Wildman–Crippen MR) is 73.3 cm³/mol. The quantitative estimate of drug-likeness (QED) is 0.596. The fourth-order valence-electron chi connectivity index (χ4n) is 2.67. The second-order valence-corrected chi connectivity index (χ2v) is 5.72. The summed E-state index contributed by atoms with van der Waals surface area (Å²) in [4.78, 5) is 2.63. The van der Waals surface area contributed by atoms with Gasteiger partial charge < -0.3 is 15.5 Å². The average Bonchev–Trinajstić information content (AvgIpc) is 3.04. The van der Waals surface area contributed by atoms with Gasteiger partial charge in [0.05, 0.1) is 0 Å². The smallest absolute Gasteiger partial charge is 0.0107 e. The molecule has 0 aromatic rings. The van der Waals surface area contributed by atoms with E-state index in [2.05, 4.69) is 22.5 Å². The molecule has 1 heterocycles. The van der Waals surface area contributed by atoms with Crippen molar-refractivity contribution >= 4 is 0 Å². The zero-order chi connectivity index (χ0) is 11.9. The number of nitrogens with zero attached hydrogens (tertiary/aromatic N) is 1. The molecule has 2 fully saturated rings. The van der Waals surface area contributed by atoms with Gasteiger partial charge in [-0.15, -0.1) is 0 Å². The fraction of sp³-hybridized carbons (Fsp3) is 1.00. The lowest BCUT2D eigenvalue weighted by atomic mass is 10.1. The molecule has 100 valence electrons. The molecular weight excluding hydrogens is 210 g/mol. The van der Waals surface area contributed by atoms with E-state index in [4.69, 9.17) is 0 Å². The highest BCUT2D eigenvalue weighted by Crippen LogP contribution is 2.21. The molecule has 17 heavy (non-hydrogen) atoms. The molecule has 0 spiro atoms. The Bertz CT molecular complexity index is 204. The molecule has 3 heteroatoms. The Morgan fingerprint density at radius 3 is 2.76 bits per heavy atom. The normalized spacial score (nSPS) is 25.6. The summed E-state index contributed by atoms with van der Waals surface area (Å²) in [6, 6.07) is 0.880.